The monoisotopic (exact) mass is 554 g/mol. The number of halogens is 3. The number of hydrogen-bond acceptors (Lipinski definition) is 6. The molecular weight excluding hydrogens is 525 g/mol. The molecule has 0 saturated carbocycles. The van der Waals surface area contributed by atoms with E-state index in [9.17, 15) is 27.6 Å². The number of benzene rings is 1. The summed E-state index contributed by atoms with van der Waals surface area (Å²) in [6.07, 6.45) is 1.12. The Labute approximate surface area is 221 Å². The molecule has 1 aromatic heterocycles. The van der Waals surface area contributed by atoms with Gasteiger partial charge in [0.15, 0.2) is 0 Å². The van der Waals surface area contributed by atoms with Crippen molar-refractivity contribution in [1.29, 1.82) is 0 Å². The van der Waals surface area contributed by atoms with Gasteiger partial charge >= 0.3 is 5.51 Å². The first kappa shape index (κ1) is 27.5. The van der Waals surface area contributed by atoms with Crippen molar-refractivity contribution in [3.05, 3.63) is 52.2 Å². The Morgan fingerprint density at radius 2 is 1.70 bits per heavy atom. The average molecular weight is 555 g/mol. The molecule has 2 fully saturated rings. The first-order valence-corrected chi connectivity index (χ1v) is 13.8. The summed E-state index contributed by atoms with van der Waals surface area (Å²) in [5, 5.41) is 7.96. The molecule has 2 aliphatic rings. The minimum Gasteiger partial charge on any atom is -0.341 e. The summed E-state index contributed by atoms with van der Waals surface area (Å²) >= 11 is 1.13. The van der Waals surface area contributed by atoms with Gasteiger partial charge in [-0.25, -0.2) is 0 Å². The Kier molecular flexibility index (Phi) is 8.81. The second-order valence-corrected chi connectivity index (χ2v) is 11.2. The second kappa shape index (κ2) is 11.9. The topological polar surface area (TPSA) is 81.8 Å². The van der Waals surface area contributed by atoms with E-state index < -0.39 is 17.0 Å². The summed E-state index contributed by atoms with van der Waals surface area (Å²) in [6, 6.07) is 9.54. The molecule has 2 aliphatic heterocycles. The van der Waals surface area contributed by atoms with E-state index in [2.05, 4.69) is 10.6 Å². The zero-order chi connectivity index (χ0) is 26.5. The highest BCUT2D eigenvalue weighted by Gasteiger charge is 2.44. The molecule has 3 heterocycles. The average Bonchev–Trinajstić information content (AvgIpc) is 3.29. The Morgan fingerprint density at radius 1 is 1.00 bits per heavy atom. The maximum absolute atomic E-state index is 13.8. The van der Waals surface area contributed by atoms with Gasteiger partial charge in [0.1, 0.15) is 5.54 Å². The van der Waals surface area contributed by atoms with Crippen molar-refractivity contribution in [3.8, 4) is 0 Å². The first-order valence-electron chi connectivity index (χ1n) is 12.1. The zero-order valence-corrected chi connectivity index (χ0v) is 21.8. The lowest BCUT2D eigenvalue weighted by atomic mass is 9.86. The number of carbonyl (C=O) groups excluding carboxylic acids is 3. The van der Waals surface area contributed by atoms with Crippen LogP contribution in [0.3, 0.4) is 0 Å². The third kappa shape index (κ3) is 7.05. The smallest absolute Gasteiger partial charge is 0.341 e. The standard InChI is InChI=1S/C25H29F3N4O3S2/c26-25(27,28)37-19-6-2-1-5-18(19)17-21(33)30-24(8-10-29-11-9-24)23(35)32-13-4-12-31(14-15-32)22(34)20-7-3-16-36-20/h1-3,5-7,16,29H,4,8-15,17H2,(H,30,33). The van der Waals surface area contributed by atoms with Gasteiger partial charge in [-0.1, -0.05) is 24.3 Å². The van der Waals surface area contributed by atoms with Crippen molar-refractivity contribution >= 4 is 40.8 Å². The molecule has 0 aliphatic carbocycles. The molecule has 2 aromatic rings. The van der Waals surface area contributed by atoms with Gasteiger partial charge in [-0.2, -0.15) is 13.2 Å². The highest BCUT2D eigenvalue weighted by molar-refractivity contribution is 8.00. The van der Waals surface area contributed by atoms with Gasteiger partial charge in [-0.15, -0.1) is 11.3 Å². The summed E-state index contributed by atoms with van der Waals surface area (Å²) in [6.45, 7) is 2.81. The van der Waals surface area contributed by atoms with Crippen molar-refractivity contribution < 1.29 is 27.6 Å². The van der Waals surface area contributed by atoms with Crippen LogP contribution in [0.1, 0.15) is 34.5 Å². The van der Waals surface area contributed by atoms with Crippen molar-refractivity contribution in [2.45, 2.75) is 41.6 Å². The van der Waals surface area contributed by atoms with Crippen LogP contribution in [0, 0.1) is 0 Å². The predicted molar refractivity (Wildman–Crippen MR) is 136 cm³/mol. The molecule has 12 heteroatoms. The number of rotatable bonds is 6. The lowest BCUT2D eigenvalue weighted by Crippen LogP contribution is -2.64. The minimum absolute atomic E-state index is 0.0288. The molecule has 200 valence electrons. The van der Waals surface area contributed by atoms with E-state index >= 15 is 0 Å². The van der Waals surface area contributed by atoms with Gasteiger partial charge in [0, 0.05) is 31.1 Å². The SMILES string of the molecule is O=C(Cc1ccccc1SC(F)(F)F)NC1(C(=O)N2CCCN(C(=O)c3cccs3)CC2)CCNCC1. The van der Waals surface area contributed by atoms with Crippen molar-refractivity contribution in [3.63, 3.8) is 0 Å². The molecule has 0 unspecified atom stereocenters. The van der Waals surface area contributed by atoms with E-state index in [0.29, 0.717) is 63.4 Å². The molecule has 4 rings (SSSR count). The summed E-state index contributed by atoms with van der Waals surface area (Å²) < 4.78 is 38.9. The molecule has 0 radical (unpaired) electrons. The number of carbonyl (C=O) groups is 3. The fraction of sp³-hybridized carbons (Fsp3) is 0.480. The van der Waals surface area contributed by atoms with Crippen molar-refractivity contribution in [2.75, 3.05) is 39.3 Å². The Bertz CT molecular complexity index is 1100. The number of nitrogens with zero attached hydrogens (tertiary/aromatic N) is 2. The van der Waals surface area contributed by atoms with Crippen LogP contribution in [0.5, 0.6) is 0 Å². The molecule has 2 N–H and O–H groups in total. The number of hydrogen-bond donors (Lipinski definition) is 2. The van der Waals surface area contributed by atoms with Crippen LogP contribution >= 0.6 is 23.1 Å². The molecule has 1 aromatic carbocycles. The molecule has 0 atom stereocenters. The zero-order valence-electron chi connectivity index (χ0n) is 20.2. The predicted octanol–water partition coefficient (Wildman–Crippen LogP) is 3.52. The van der Waals surface area contributed by atoms with Crippen LogP contribution in [0.2, 0.25) is 0 Å². The molecule has 0 bridgehead atoms. The molecular formula is C25H29F3N4O3S2. The maximum atomic E-state index is 13.8. The number of thioether (sulfide) groups is 1. The number of nitrogens with one attached hydrogen (secondary N) is 2. The van der Waals surface area contributed by atoms with Crippen LogP contribution < -0.4 is 10.6 Å². The van der Waals surface area contributed by atoms with E-state index in [1.807, 2.05) is 11.4 Å². The minimum atomic E-state index is -4.47. The van der Waals surface area contributed by atoms with Gasteiger partial charge < -0.3 is 20.4 Å². The maximum Gasteiger partial charge on any atom is 0.446 e. The fourth-order valence-electron chi connectivity index (χ4n) is 4.79. The summed E-state index contributed by atoms with van der Waals surface area (Å²) in [5.74, 6) is -0.745. The highest BCUT2D eigenvalue weighted by Crippen LogP contribution is 2.38. The Morgan fingerprint density at radius 3 is 2.41 bits per heavy atom. The van der Waals surface area contributed by atoms with Crippen LogP contribution in [-0.2, 0) is 16.0 Å². The van der Waals surface area contributed by atoms with Crippen molar-refractivity contribution in [2.24, 2.45) is 0 Å². The lowest BCUT2D eigenvalue weighted by Gasteiger charge is -2.40. The quantitative estimate of drug-likeness (QED) is 0.535. The van der Waals surface area contributed by atoms with E-state index in [1.165, 1.54) is 29.5 Å². The fourth-order valence-corrected chi connectivity index (χ4v) is 6.14. The molecule has 0 spiro atoms. The van der Waals surface area contributed by atoms with E-state index in [1.54, 1.807) is 21.9 Å². The molecule has 2 saturated heterocycles. The van der Waals surface area contributed by atoms with Gasteiger partial charge in [0.05, 0.1) is 11.3 Å². The normalized spacial score (nSPS) is 18.2. The first-order chi connectivity index (χ1) is 17.7. The van der Waals surface area contributed by atoms with Crippen LogP contribution in [-0.4, -0.2) is 77.8 Å². The molecule has 3 amide bonds. The van der Waals surface area contributed by atoms with E-state index in [4.69, 9.17) is 0 Å². The van der Waals surface area contributed by atoms with Crippen LogP contribution in [0.25, 0.3) is 0 Å². The number of piperidine rings is 1. The third-order valence-corrected chi connectivity index (χ3v) is 8.30. The van der Waals surface area contributed by atoms with Gasteiger partial charge in [0.2, 0.25) is 11.8 Å². The van der Waals surface area contributed by atoms with E-state index in [-0.39, 0.29) is 40.5 Å². The Hall–Kier alpha value is -2.57. The van der Waals surface area contributed by atoms with Gasteiger partial charge in [0.25, 0.3) is 5.91 Å². The second-order valence-electron chi connectivity index (χ2n) is 9.13. The van der Waals surface area contributed by atoms with Gasteiger partial charge in [-0.3, -0.25) is 14.4 Å². The summed E-state index contributed by atoms with van der Waals surface area (Å²) in [7, 11) is 0. The summed E-state index contributed by atoms with van der Waals surface area (Å²) in [5.41, 5.74) is -5.34. The largest absolute Gasteiger partial charge is 0.446 e. The number of alkyl halides is 3. The van der Waals surface area contributed by atoms with E-state index in [0.717, 1.165) is 0 Å². The molecule has 7 nitrogen and oxygen atoms in total. The lowest BCUT2D eigenvalue weighted by molar-refractivity contribution is -0.143. The Balaban J connectivity index is 1.45. The number of amides is 3. The van der Waals surface area contributed by atoms with Crippen molar-refractivity contribution in [1.82, 2.24) is 20.4 Å². The van der Waals surface area contributed by atoms with Gasteiger partial charge in [-0.05, 0) is 67.2 Å². The third-order valence-electron chi connectivity index (χ3n) is 6.60. The van der Waals surface area contributed by atoms with Crippen LogP contribution in [0.15, 0.2) is 46.7 Å². The highest BCUT2D eigenvalue weighted by atomic mass is 32.2. The summed E-state index contributed by atoms with van der Waals surface area (Å²) in [4.78, 5) is 43.8. The van der Waals surface area contributed by atoms with Crippen LogP contribution in [0.4, 0.5) is 13.2 Å². The molecule has 37 heavy (non-hydrogen) atoms. The number of thiophene rings is 1.